The summed E-state index contributed by atoms with van der Waals surface area (Å²) in [5.74, 6) is 0.393. The second kappa shape index (κ2) is 4.48. The van der Waals surface area contributed by atoms with Crippen LogP contribution in [0.4, 0.5) is 0 Å². The average molecular weight is 169 g/mol. The molecular formula is C10H19NO. The summed E-state index contributed by atoms with van der Waals surface area (Å²) < 4.78 is 0. The molecule has 0 aromatic heterocycles. The van der Waals surface area contributed by atoms with Crippen LogP contribution in [-0.4, -0.2) is 23.4 Å². The highest BCUT2D eigenvalue weighted by Gasteiger charge is 2.31. The van der Waals surface area contributed by atoms with E-state index < -0.39 is 0 Å². The van der Waals surface area contributed by atoms with Gasteiger partial charge in [0.1, 0.15) is 0 Å². The highest BCUT2D eigenvalue weighted by molar-refractivity contribution is 5.78. The molecule has 1 atom stereocenters. The van der Waals surface area contributed by atoms with E-state index in [1.807, 2.05) is 13.8 Å². The molecule has 0 spiro atoms. The zero-order valence-corrected chi connectivity index (χ0v) is 8.18. The number of fused-ring (bicyclic) bond motifs is 1. The maximum Gasteiger partial charge on any atom is 0.222 e. The molecule has 2 aliphatic rings. The minimum atomic E-state index is 0.393. The monoisotopic (exact) mass is 169 g/mol. The minimum Gasteiger partial charge on any atom is -0.340 e. The molecule has 1 amide bonds. The van der Waals surface area contributed by atoms with Gasteiger partial charge in [-0.1, -0.05) is 13.8 Å². The van der Waals surface area contributed by atoms with Crippen LogP contribution in [0, 0.1) is 0 Å². The summed E-state index contributed by atoms with van der Waals surface area (Å²) >= 11 is 0. The fourth-order valence-corrected chi connectivity index (χ4v) is 2.06. The number of rotatable bonds is 0. The fourth-order valence-electron chi connectivity index (χ4n) is 2.06. The first-order chi connectivity index (χ1) is 5.88. The Morgan fingerprint density at radius 2 is 2.00 bits per heavy atom. The fraction of sp³-hybridized carbons (Fsp3) is 0.900. The van der Waals surface area contributed by atoms with Gasteiger partial charge in [0, 0.05) is 19.0 Å². The van der Waals surface area contributed by atoms with Gasteiger partial charge >= 0.3 is 0 Å². The number of amides is 1. The van der Waals surface area contributed by atoms with E-state index in [1.54, 1.807) is 0 Å². The van der Waals surface area contributed by atoms with Gasteiger partial charge in [0.25, 0.3) is 0 Å². The first-order valence-electron chi connectivity index (χ1n) is 5.17. The van der Waals surface area contributed by atoms with E-state index in [4.69, 9.17) is 0 Å². The van der Waals surface area contributed by atoms with Crippen LogP contribution in [0.15, 0.2) is 0 Å². The van der Waals surface area contributed by atoms with Gasteiger partial charge in [0.15, 0.2) is 0 Å². The molecule has 70 valence electrons. The second-order valence-electron chi connectivity index (χ2n) is 3.28. The molecule has 2 saturated heterocycles. The third kappa shape index (κ3) is 1.79. The Morgan fingerprint density at radius 3 is 2.67 bits per heavy atom. The first kappa shape index (κ1) is 9.56. The number of hydrogen-bond acceptors (Lipinski definition) is 1. The van der Waals surface area contributed by atoms with Gasteiger partial charge in [-0.25, -0.2) is 0 Å². The van der Waals surface area contributed by atoms with Crippen LogP contribution in [-0.2, 0) is 4.79 Å². The molecule has 2 aliphatic heterocycles. The van der Waals surface area contributed by atoms with Gasteiger partial charge in [-0.15, -0.1) is 0 Å². The van der Waals surface area contributed by atoms with Crippen LogP contribution in [0.3, 0.4) is 0 Å². The van der Waals surface area contributed by atoms with Crippen LogP contribution >= 0.6 is 0 Å². The van der Waals surface area contributed by atoms with Crippen molar-refractivity contribution in [2.75, 3.05) is 6.54 Å². The second-order valence-corrected chi connectivity index (χ2v) is 3.28. The van der Waals surface area contributed by atoms with Gasteiger partial charge in [-0.2, -0.15) is 0 Å². The van der Waals surface area contributed by atoms with Crippen LogP contribution < -0.4 is 0 Å². The summed E-state index contributed by atoms with van der Waals surface area (Å²) in [6, 6.07) is 0.626. The predicted molar refractivity (Wildman–Crippen MR) is 49.9 cm³/mol. The van der Waals surface area contributed by atoms with Gasteiger partial charge in [0.2, 0.25) is 5.91 Å². The topological polar surface area (TPSA) is 20.3 Å². The largest absolute Gasteiger partial charge is 0.340 e. The number of hydrogen-bond donors (Lipinski definition) is 0. The molecular weight excluding hydrogens is 150 g/mol. The Morgan fingerprint density at radius 1 is 1.25 bits per heavy atom. The smallest absolute Gasteiger partial charge is 0.222 e. The Bertz CT molecular complexity index is 156. The minimum absolute atomic E-state index is 0.393. The van der Waals surface area contributed by atoms with Gasteiger partial charge < -0.3 is 4.90 Å². The maximum absolute atomic E-state index is 11.1. The van der Waals surface area contributed by atoms with Crippen molar-refractivity contribution in [2.45, 2.75) is 52.0 Å². The van der Waals surface area contributed by atoms with Gasteiger partial charge in [0.05, 0.1) is 0 Å². The van der Waals surface area contributed by atoms with Gasteiger partial charge in [-0.05, 0) is 25.7 Å². The van der Waals surface area contributed by atoms with Crippen LogP contribution in [0.25, 0.3) is 0 Å². The van der Waals surface area contributed by atoms with Crippen molar-refractivity contribution in [1.82, 2.24) is 4.90 Å². The van der Waals surface area contributed by atoms with Crippen molar-refractivity contribution in [3.05, 3.63) is 0 Å². The summed E-state index contributed by atoms with van der Waals surface area (Å²) in [6.45, 7) is 5.03. The van der Waals surface area contributed by atoms with Crippen molar-refractivity contribution >= 4 is 5.91 Å². The summed E-state index contributed by atoms with van der Waals surface area (Å²) in [5, 5.41) is 0. The molecule has 2 heterocycles. The van der Waals surface area contributed by atoms with E-state index in [1.165, 1.54) is 19.3 Å². The van der Waals surface area contributed by atoms with Crippen molar-refractivity contribution in [1.29, 1.82) is 0 Å². The van der Waals surface area contributed by atoms with E-state index in [0.29, 0.717) is 11.9 Å². The Balaban J connectivity index is 0.000000336. The van der Waals surface area contributed by atoms with Gasteiger partial charge in [-0.3, -0.25) is 4.79 Å². The lowest BCUT2D eigenvalue weighted by atomic mass is 10.0. The number of piperidine rings is 1. The number of nitrogens with zero attached hydrogens (tertiary/aromatic N) is 1. The van der Waals surface area contributed by atoms with E-state index in [9.17, 15) is 4.79 Å². The molecule has 12 heavy (non-hydrogen) atoms. The molecule has 2 nitrogen and oxygen atoms in total. The van der Waals surface area contributed by atoms with Crippen molar-refractivity contribution in [2.24, 2.45) is 0 Å². The van der Waals surface area contributed by atoms with Crippen LogP contribution in [0.2, 0.25) is 0 Å². The lowest BCUT2D eigenvalue weighted by Gasteiger charge is -2.29. The van der Waals surface area contributed by atoms with Crippen molar-refractivity contribution in [3.8, 4) is 0 Å². The third-order valence-electron chi connectivity index (χ3n) is 2.64. The molecule has 0 aromatic carbocycles. The Kier molecular flexibility index (Phi) is 3.57. The first-order valence-corrected chi connectivity index (χ1v) is 5.17. The van der Waals surface area contributed by atoms with E-state index in [2.05, 4.69) is 4.90 Å². The molecule has 0 saturated carbocycles. The van der Waals surface area contributed by atoms with Crippen LogP contribution in [0.1, 0.15) is 46.0 Å². The normalized spacial score (nSPS) is 27.7. The van der Waals surface area contributed by atoms with E-state index in [-0.39, 0.29) is 0 Å². The highest BCUT2D eigenvalue weighted by Crippen LogP contribution is 2.27. The lowest BCUT2D eigenvalue weighted by molar-refractivity contribution is -0.129. The summed E-state index contributed by atoms with van der Waals surface area (Å²) in [6.07, 6.45) is 5.74. The summed E-state index contributed by atoms with van der Waals surface area (Å²) in [5.41, 5.74) is 0. The zero-order valence-electron chi connectivity index (χ0n) is 8.18. The third-order valence-corrected chi connectivity index (χ3v) is 2.64. The molecule has 0 aromatic rings. The van der Waals surface area contributed by atoms with E-state index in [0.717, 1.165) is 19.4 Å². The Hall–Kier alpha value is -0.530. The molecule has 0 aliphatic carbocycles. The quantitative estimate of drug-likeness (QED) is 0.544. The molecule has 2 fully saturated rings. The molecule has 2 heteroatoms. The summed E-state index contributed by atoms with van der Waals surface area (Å²) in [7, 11) is 0. The highest BCUT2D eigenvalue weighted by atomic mass is 16.2. The number of carbonyl (C=O) groups is 1. The van der Waals surface area contributed by atoms with Crippen molar-refractivity contribution in [3.63, 3.8) is 0 Å². The molecule has 1 unspecified atom stereocenters. The maximum atomic E-state index is 11.1. The molecule has 2 rings (SSSR count). The van der Waals surface area contributed by atoms with E-state index >= 15 is 0 Å². The Labute approximate surface area is 74.9 Å². The SMILES string of the molecule is CC.O=C1CCC2CCCCN12. The lowest BCUT2D eigenvalue weighted by Crippen LogP contribution is -2.36. The predicted octanol–water partition coefficient (Wildman–Crippen LogP) is 2.19. The average Bonchev–Trinajstić information content (AvgIpc) is 2.53. The number of carbonyl (C=O) groups excluding carboxylic acids is 1. The standard InChI is InChI=1S/C8H13NO.C2H6/c10-8-5-4-7-3-1-2-6-9(7)8;1-2/h7H,1-6H2;1-2H3. The molecule has 0 bridgehead atoms. The van der Waals surface area contributed by atoms with Crippen LogP contribution in [0.5, 0.6) is 0 Å². The summed E-state index contributed by atoms with van der Waals surface area (Å²) in [4.78, 5) is 13.2. The zero-order chi connectivity index (χ0) is 8.97. The van der Waals surface area contributed by atoms with Crippen molar-refractivity contribution < 1.29 is 4.79 Å². The molecule has 0 radical (unpaired) electrons. The molecule has 0 N–H and O–H groups in total.